The van der Waals surface area contributed by atoms with Gasteiger partial charge in [-0.05, 0) is 12.8 Å². The predicted octanol–water partition coefficient (Wildman–Crippen LogP) is 0.737. The van der Waals surface area contributed by atoms with Gasteiger partial charge >= 0.3 is 6.03 Å². The van der Waals surface area contributed by atoms with E-state index in [0.29, 0.717) is 13.1 Å². The molecule has 3 heterocycles. The zero-order valence-corrected chi connectivity index (χ0v) is 12.7. The molecule has 2 amide bonds. The highest BCUT2D eigenvalue weighted by Crippen LogP contribution is 2.14. The number of carbonyl (C=O) groups is 1. The Balaban J connectivity index is 1.50. The van der Waals surface area contributed by atoms with Gasteiger partial charge in [-0.1, -0.05) is 6.42 Å². The Morgan fingerprint density at radius 3 is 2.91 bits per heavy atom. The minimum absolute atomic E-state index is 0.213. The van der Waals surface area contributed by atoms with Crippen LogP contribution in [0.1, 0.15) is 36.5 Å². The van der Waals surface area contributed by atoms with Gasteiger partial charge in [0, 0.05) is 38.3 Å². The number of amides is 2. The van der Waals surface area contributed by atoms with E-state index in [-0.39, 0.29) is 6.03 Å². The molecule has 1 aliphatic heterocycles. The summed E-state index contributed by atoms with van der Waals surface area (Å²) in [5.41, 5.74) is 0.967. The van der Waals surface area contributed by atoms with Crippen molar-refractivity contribution in [2.24, 2.45) is 7.05 Å². The molecule has 0 spiro atoms. The number of hydrogen-bond donors (Lipinski definition) is 2. The van der Waals surface area contributed by atoms with Gasteiger partial charge in [-0.15, -0.1) is 10.2 Å². The van der Waals surface area contributed by atoms with E-state index in [9.17, 15) is 4.79 Å². The summed E-state index contributed by atoms with van der Waals surface area (Å²) >= 11 is 0. The maximum absolute atomic E-state index is 11.8. The molecule has 118 valence electrons. The minimum atomic E-state index is -0.213. The van der Waals surface area contributed by atoms with Crippen molar-refractivity contribution in [3.63, 3.8) is 0 Å². The van der Waals surface area contributed by atoms with Crippen molar-refractivity contribution >= 4 is 6.03 Å². The van der Waals surface area contributed by atoms with Crippen molar-refractivity contribution in [2.75, 3.05) is 0 Å². The Hall–Kier alpha value is -2.38. The molecule has 0 aliphatic carbocycles. The Morgan fingerprint density at radius 1 is 1.23 bits per heavy atom. The first-order valence-electron chi connectivity index (χ1n) is 7.62. The third-order valence-corrected chi connectivity index (χ3v) is 3.80. The lowest BCUT2D eigenvalue weighted by molar-refractivity contribution is 0.239. The van der Waals surface area contributed by atoms with E-state index in [1.54, 1.807) is 10.9 Å². The molecule has 0 radical (unpaired) electrons. The molecular formula is C14H21N7O. The molecule has 8 heteroatoms. The highest BCUT2D eigenvalue weighted by atomic mass is 16.2. The molecule has 0 saturated heterocycles. The molecule has 0 fully saturated rings. The fraction of sp³-hybridized carbons (Fsp3) is 0.571. The molecule has 0 saturated carbocycles. The monoisotopic (exact) mass is 303 g/mol. The van der Waals surface area contributed by atoms with Crippen LogP contribution in [-0.4, -0.2) is 30.6 Å². The predicted molar refractivity (Wildman–Crippen MR) is 79.9 cm³/mol. The number of fused-ring (bicyclic) bond motifs is 1. The molecular weight excluding hydrogens is 282 g/mol. The van der Waals surface area contributed by atoms with Crippen LogP contribution in [0.4, 0.5) is 4.79 Å². The Morgan fingerprint density at radius 2 is 2.09 bits per heavy atom. The molecule has 0 unspecified atom stereocenters. The van der Waals surface area contributed by atoms with E-state index in [4.69, 9.17) is 0 Å². The lowest BCUT2D eigenvalue weighted by atomic mass is 10.2. The largest absolute Gasteiger partial charge is 0.334 e. The molecule has 22 heavy (non-hydrogen) atoms. The smallest absolute Gasteiger partial charge is 0.315 e. The lowest BCUT2D eigenvalue weighted by Gasteiger charge is -2.09. The van der Waals surface area contributed by atoms with E-state index < -0.39 is 0 Å². The summed E-state index contributed by atoms with van der Waals surface area (Å²) in [4.78, 5) is 11.8. The fourth-order valence-electron chi connectivity index (χ4n) is 2.64. The van der Waals surface area contributed by atoms with E-state index in [1.807, 2.05) is 13.2 Å². The maximum Gasteiger partial charge on any atom is 0.315 e. The quantitative estimate of drug-likeness (QED) is 0.871. The molecule has 0 atom stereocenters. The van der Waals surface area contributed by atoms with Gasteiger partial charge in [-0.25, -0.2) is 4.79 Å². The number of aryl methyl sites for hydroxylation is 2. The second kappa shape index (κ2) is 6.59. The summed E-state index contributed by atoms with van der Waals surface area (Å²) < 4.78 is 3.84. The average molecular weight is 303 g/mol. The fourth-order valence-corrected chi connectivity index (χ4v) is 2.64. The van der Waals surface area contributed by atoms with Crippen LogP contribution in [0.3, 0.4) is 0 Å². The number of hydrogen-bond acceptors (Lipinski definition) is 4. The molecule has 8 nitrogen and oxygen atoms in total. The number of nitrogens with zero attached hydrogens (tertiary/aromatic N) is 5. The number of nitrogens with one attached hydrogen (secondary N) is 2. The first-order valence-corrected chi connectivity index (χ1v) is 7.62. The third kappa shape index (κ3) is 3.44. The van der Waals surface area contributed by atoms with Gasteiger partial charge in [0.05, 0.1) is 12.7 Å². The van der Waals surface area contributed by atoms with Crippen LogP contribution in [0.15, 0.2) is 12.4 Å². The van der Waals surface area contributed by atoms with Crippen molar-refractivity contribution in [2.45, 2.75) is 45.3 Å². The summed E-state index contributed by atoms with van der Waals surface area (Å²) in [6.45, 7) is 1.79. The topological polar surface area (TPSA) is 89.7 Å². The van der Waals surface area contributed by atoms with E-state index >= 15 is 0 Å². The van der Waals surface area contributed by atoms with Crippen LogP contribution in [0, 0.1) is 0 Å². The lowest BCUT2D eigenvalue weighted by Crippen LogP contribution is -2.35. The Labute approximate surface area is 128 Å². The van der Waals surface area contributed by atoms with E-state index in [2.05, 4.69) is 30.5 Å². The summed E-state index contributed by atoms with van der Waals surface area (Å²) in [6, 6.07) is -0.213. The molecule has 2 aromatic heterocycles. The number of aromatic nitrogens is 5. The van der Waals surface area contributed by atoms with Crippen molar-refractivity contribution < 1.29 is 4.79 Å². The normalized spacial score (nSPS) is 14.2. The van der Waals surface area contributed by atoms with Gasteiger partial charge in [0.15, 0.2) is 5.82 Å². The average Bonchev–Trinajstić information content (AvgIpc) is 3.02. The molecule has 2 aromatic rings. The third-order valence-electron chi connectivity index (χ3n) is 3.80. The molecule has 2 N–H and O–H groups in total. The van der Waals surface area contributed by atoms with Crippen molar-refractivity contribution in [1.29, 1.82) is 0 Å². The second-order valence-electron chi connectivity index (χ2n) is 5.55. The van der Waals surface area contributed by atoms with Crippen LogP contribution in [0.25, 0.3) is 0 Å². The van der Waals surface area contributed by atoms with Gasteiger partial charge in [0.25, 0.3) is 0 Å². The highest BCUT2D eigenvalue weighted by molar-refractivity contribution is 5.73. The van der Waals surface area contributed by atoms with Gasteiger partial charge in [0.1, 0.15) is 5.82 Å². The maximum atomic E-state index is 11.8. The second-order valence-corrected chi connectivity index (χ2v) is 5.55. The van der Waals surface area contributed by atoms with Crippen LogP contribution >= 0.6 is 0 Å². The van der Waals surface area contributed by atoms with E-state index in [0.717, 1.165) is 43.0 Å². The zero-order valence-electron chi connectivity index (χ0n) is 12.7. The van der Waals surface area contributed by atoms with E-state index in [1.165, 1.54) is 6.42 Å². The summed E-state index contributed by atoms with van der Waals surface area (Å²) in [5.74, 6) is 1.86. The van der Waals surface area contributed by atoms with Crippen molar-refractivity contribution in [1.82, 2.24) is 35.2 Å². The summed E-state index contributed by atoms with van der Waals surface area (Å²) in [7, 11) is 1.85. The first-order chi connectivity index (χ1) is 10.7. The Kier molecular flexibility index (Phi) is 4.36. The Bertz CT molecular complexity index is 645. The van der Waals surface area contributed by atoms with Crippen molar-refractivity contribution in [3.8, 4) is 0 Å². The first kappa shape index (κ1) is 14.6. The zero-order chi connectivity index (χ0) is 15.4. The SMILES string of the molecule is Cn1cc(CNC(=O)NCc2nnc3n2CCCCC3)cn1. The number of urea groups is 1. The number of rotatable bonds is 4. The minimum Gasteiger partial charge on any atom is -0.334 e. The van der Waals surface area contributed by atoms with Crippen LogP contribution in [0.2, 0.25) is 0 Å². The van der Waals surface area contributed by atoms with Gasteiger partial charge in [-0.2, -0.15) is 5.10 Å². The number of carbonyl (C=O) groups excluding carboxylic acids is 1. The molecule has 3 rings (SSSR count). The van der Waals surface area contributed by atoms with Gasteiger partial charge in [0.2, 0.25) is 0 Å². The molecule has 0 bridgehead atoms. The van der Waals surface area contributed by atoms with Crippen molar-refractivity contribution in [3.05, 3.63) is 29.6 Å². The van der Waals surface area contributed by atoms with Gasteiger partial charge < -0.3 is 15.2 Å². The van der Waals surface area contributed by atoms with Crippen LogP contribution in [0.5, 0.6) is 0 Å². The standard InChI is InChI=1S/C14H21N7O/c1-20-10-11(8-17-20)7-15-14(22)16-9-13-19-18-12-5-3-2-4-6-21(12)13/h8,10H,2-7,9H2,1H3,(H2,15,16,22). The summed E-state index contributed by atoms with van der Waals surface area (Å²) in [5, 5.41) is 18.1. The molecule has 1 aliphatic rings. The molecule has 0 aromatic carbocycles. The van der Waals surface area contributed by atoms with Gasteiger partial charge in [-0.3, -0.25) is 4.68 Å². The highest BCUT2D eigenvalue weighted by Gasteiger charge is 2.14. The van der Waals surface area contributed by atoms with Crippen LogP contribution in [-0.2, 0) is 33.1 Å². The summed E-state index contributed by atoms with van der Waals surface area (Å²) in [6.07, 6.45) is 8.11. The van der Waals surface area contributed by atoms with Crippen LogP contribution < -0.4 is 10.6 Å².